The van der Waals surface area contributed by atoms with Crippen molar-refractivity contribution < 1.29 is 33.5 Å². The number of phosphoric acid groups is 1. The van der Waals surface area contributed by atoms with Crippen molar-refractivity contribution in [3.05, 3.63) is 48.6 Å². The van der Waals surface area contributed by atoms with E-state index in [-0.39, 0.29) is 19.6 Å². The molecule has 0 fully saturated rings. The normalized spacial score (nSPS) is 16.0. The third-order valence-electron chi connectivity index (χ3n) is 6.42. The topological polar surface area (TPSA) is 151 Å². The number of nitrogens with two attached hydrogens (primary N) is 1. The summed E-state index contributed by atoms with van der Waals surface area (Å²) in [7, 11) is -4.40. The van der Waals surface area contributed by atoms with Crippen LogP contribution >= 0.6 is 7.82 Å². The molecule has 0 heterocycles. The van der Waals surface area contributed by atoms with Gasteiger partial charge >= 0.3 is 7.82 Å². The Balaban J connectivity index is 4.67. The lowest BCUT2D eigenvalue weighted by atomic mass is 10.1. The van der Waals surface area contributed by atoms with E-state index in [2.05, 4.69) is 55.6 Å². The fourth-order valence-electron chi connectivity index (χ4n) is 4.03. The summed E-state index contributed by atoms with van der Waals surface area (Å²) in [6, 6.07) is -1.01. The Morgan fingerprint density at radius 1 is 0.833 bits per heavy atom. The van der Waals surface area contributed by atoms with Crippen molar-refractivity contribution >= 4 is 13.7 Å². The summed E-state index contributed by atoms with van der Waals surface area (Å²) < 4.78 is 21.8. The van der Waals surface area contributed by atoms with E-state index in [1.807, 2.05) is 0 Å². The Morgan fingerprint density at radius 3 is 2.05 bits per heavy atom. The molecule has 0 aromatic heterocycles. The zero-order valence-corrected chi connectivity index (χ0v) is 27.0. The number of carbonyl (C=O) groups excluding carboxylic acids is 1. The zero-order valence-electron chi connectivity index (χ0n) is 26.1. The highest BCUT2D eigenvalue weighted by molar-refractivity contribution is 7.47. The van der Waals surface area contributed by atoms with E-state index in [9.17, 15) is 24.5 Å². The molecular weight excluding hydrogens is 555 g/mol. The van der Waals surface area contributed by atoms with Crippen LogP contribution in [0.5, 0.6) is 0 Å². The van der Waals surface area contributed by atoms with Crippen LogP contribution in [0.2, 0.25) is 0 Å². The summed E-state index contributed by atoms with van der Waals surface area (Å²) >= 11 is 0. The average Bonchev–Trinajstić information content (AvgIpc) is 2.96. The van der Waals surface area contributed by atoms with Crippen molar-refractivity contribution in [1.29, 1.82) is 0 Å². The Kier molecular flexibility index (Phi) is 27.1. The van der Waals surface area contributed by atoms with Gasteiger partial charge in [-0.25, -0.2) is 4.57 Å². The maximum Gasteiger partial charge on any atom is 0.472 e. The minimum atomic E-state index is -4.40. The van der Waals surface area contributed by atoms with Crippen molar-refractivity contribution in [3.8, 4) is 0 Å². The van der Waals surface area contributed by atoms with Gasteiger partial charge in [0.2, 0.25) is 5.91 Å². The Labute approximate surface area is 255 Å². The summed E-state index contributed by atoms with van der Waals surface area (Å²) in [6.45, 7) is 3.72. The van der Waals surface area contributed by atoms with Crippen LogP contribution < -0.4 is 11.1 Å². The molecule has 10 heteroatoms. The number of carbonyl (C=O) groups is 1. The molecule has 0 aliphatic carbocycles. The first-order valence-electron chi connectivity index (χ1n) is 15.8. The lowest BCUT2D eigenvalue weighted by Gasteiger charge is -2.24. The molecule has 0 aliphatic rings. The van der Waals surface area contributed by atoms with Gasteiger partial charge in [0, 0.05) is 6.54 Å². The molecule has 9 nitrogen and oxygen atoms in total. The van der Waals surface area contributed by atoms with Crippen LogP contribution in [0, 0.1) is 0 Å². The van der Waals surface area contributed by atoms with Gasteiger partial charge in [0.1, 0.15) is 0 Å². The first-order valence-corrected chi connectivity index (χ1v) is 17.3. The van der Waals surface area contributed by atoms with Gasteiger partial charge < -0.3 is 26.2 Å². The largest absolute Gasteiger partial charge is 0.472 e. The predicted molar refractivity (Wildman–Crippen MR) is 172 cm³/mol. The van der Waals surface area contributed by atoms with Crippen molar-refractivity contribution in [2.45, 2.75) is 128 Å². The highest BCUT2D eigenvalue weighted by Crippen LogP contribution is 2.43. The van der Waals surface area contributed by atoms with Crippen molar-refractivity contribution in [2.75, 3.05) is 19.8 Å². The van der Waals surface area contributed by atoms with E-state index < -0.39 is 38.6 Å². The molecule has 0 spiro atoms. The first kappa shape index (κ1) is 40.4. The molecule has 0 aromatic carbocycles. The summed E-state index contributed by atoms with van der Waals surface area (Å²) in [4.78, 5) is 22.5. The lowest BCUT2D eigenvalue weighted by Crippen LogP contribution is -2.46. The zero-order chi connectivity index (χ0) is 31.3. The van der Waals surface area contributed by atoms with E-state index in [0.717, 1.165) is 57.8 Å². The number of hydrogen-bond acceptors (Lipinski definition) is 7. The molecule has 4 atom stereocenters. The molecule has 42 heavy (non-hydrogen) atoms. The first-order chi connectivity index (χ1) is 20.3. The van der Waals surface area contributed by atoms with Gasteiger partial charge in [-0.05, 0) is 64.2 Å². The van der Waals surface area contributed by atoms with E-state index >= 15 is 0 Å². The average molecular weight is 615 g/mol. The molecule has 1 amide bonds. The van der Waals surface area contributed by atoms with Crippen LogP contribution in [-0.2, 0) is 18.4 Å². The fourth-order valence-corrected chi connectivity index (χ4v) is 4.79. The van der Waals surface area contributed by atoms with Gasteiger partial charge in [0.25, 0.3) is 0 Å². The second kappa shape index (κ2) is 28.2. The Hall–Kier alpha value is -1.58. The highest BCUT2D eigenvalue weighted by atomic mass is 31.2. The van der Waals surface area contributed by atoms with E-state index in [1.165, 1.54) is 25.3 Å². The lowest BCUT2D eigenvalue weighted by molar-refractivity contribution is -0.124. The van der Waals surface area contributed by atoms with Gasteiger partial charge in [-0.1, -0.05) is 88.1 Å². The molecule has 0 aromatic rings. The molecule has 0 rings (SSSR count). The van der Waals surface area contributed by atoms with E-state index in [1.54, 1.807) is 6.08 Å². The van der Waals surface area contributed by atoms with Crippen LogP contribution in [0.4, 0.5) is 0 Å². The second-order valence-electron chi connectivity index (χ2n) is 10.4. The summed E-state index contributed by atoms with van der Waals surface area (Å²) in [6.07, 6.45) is 27.9. The quantitative estimate of drug-likeness (QED) is 0.0386. The summed E-state index contributed by atoms with van der Waals surface area (Å²) in [5.74, 6) is -0.478. The Morgan fingerprint density at radius 2 is 1.43 bits per heavy atom. The van der Waals surface area contributed by atoms with Gasteiger partial charge in [0.05, 0.1) is 37.9 Å². The second-order valence-corrected chi connectivity index (χ2v) is 11.9. The molecule has 4 unspecified atom stereocenters. The summed E-state index contributed by atoms with van der Waals surface area (Å²) in [5, 5.41) is 23.7. The molecule has 0 aliphatic heterocycles. The van der Waals surface area contributed by atoms with E-state index in [4.69, 9.17) is 14.8 Å². The molecule has 0 saturated carbocycles. The van der Waals surface area contributed by atoms with Crippen molar-refractivity contribution in [3.63, 3.8) is 0 Å². The number of unbranched alkanes of at least 4 members (excludes halogenated alkanes) is 8. The predicted octanol–water partition coefficient (Wildman–Crippen LogP) is 6.40. The fraction of sp³-hybridized carbons (Fsp3) is 0.719. The number of aliphatic hydroxyl groups is 2. The Bertz CT molecular complexity index is 817. The molecule has 6 N–H and O–H groups in total. The maximum atomic E-state index is 12.6. The number of nitrogens with one attached hydrogen (secondary N) is 1. The maximum absolute atomic E-state index is 12.6. The number of hydrogen-bond donors (Lipinski definition) is 5. The van der Waals surface area contributed by atoms with Crippen molar-refractivity contribution in [1.82, 2.24) is 5.32 Å². The highest BCUT2D eigenvalue weighted by Gasteiger charge is 2.27. The van der Waals surface area contributed by atoms with Gasteiger partial charge in [-0.3, -0.25) is 13.8 Å². The number of aliphatic hydroxyl groups excluding tert-OH is 2. The van der Waals surface area contributed by atoms with Crippen LogP contribution in [0.25, 0.3) is 0 Å². The number of rotatable bonds is 28. The monoisotopic (exact) mass is 614 g/mol. The molecular formula is C32H59N2O7P. The standard InChI is InChI=1S/C32H59N2O7P/c1-3-5-7-9-11-13-15-17-19-21-23-29(35)27-32(37)34-30(28-41-42(38,39)40-26-25-33)31(36)24-22-20-18-16-14-12-10-8-6-4-2/h6,8,11,13-14,16,22,24,29-31,35-36H,3-5,7,9-10,12,15,17-21,23,25-28,33H2,1-2H3,(H,34,37)(H,38,39)/b8-6+,13-11-,16-14+,24-22+. The van der Waals surface area contributed by atoms with E-state index in [0.29, 0.717) is 12.8 Å². The van der Waals surface area contributed by atoms with Gasteiger partial charge in [-0.2, -0.15) is 0 Å². The molecule has 0 saturated heterocycles. The minimum absolute atomic E-state index is 0.0387. The number of amides is 1. The third-order valence-corrected chi connectivity index (χ3v) is 7.40. The van der Waals surface area contributed by atoms with Crippen LogP contribution in [-0.4, -0.2) is 59.0 Å². The molecule has 244 valence electrons. The van der Waals surface area contributed by atoms with Crippen LogP contribution in [0.15, 0.2) is 48.6 Å². The summed E-state index contributed by atoms with van der Waals surface area (Å²) in [5.41, 5.74) is 5.31. The van der Waals surface area contributed by atoms with Gasteiger partial charge in [0.15, 0.2) is 0 Å². The van der Waals surface area contributed by atoms with Gasteiger partial charge in [-0.15, -0.1) is 0 Å². The SMILES string of the molecule is CC/C=C/CC/C=C/CC/C=C/C(O)C(COP(=O)(O)OCCN)NC(=O)CC(O)CCCCC/C=C\CCCCC. The van der Waals surface area contributed by atoms with Crippen molar-refractivity contribution in [2.24, 2.45) is 5.73 Å². The molecule has 0 radical (unpaired) electrons. The smallest absolute Gasteiger partial charge is 0.393 e. The molecule has 0 bridgehead atoms. The number of allylic oxidation sites excluding steroid dienone is 7. The van der Waals surface area contributed by atoms with Crippen LogP contribution in [0.1, 0.15) is 110 Å². The van der Waals surface area contributed by atoms with Crippen LogP contribution in [0.3, 0.4) is 0 Å². The minimum Gasteiger partial charge on any atom is -0.393 e. The number of phosphoric ester groups is 1. The third kappa shape index (κ3) is 26.1.